The molecule has 3 unspecified atom stereocenters. The van der Waals surface area contributed by atoms with E-state index < -0.39 is 28.7 Å². The predicted molar refractivity (Wildman–Crippen MR) is 161 cm³/mol. The van der Waals surface area contributed by atoms with Crippen molar-refractivity contribution >= 4 is 51.2 Å². The van der Waals surface area contributed by atoms with E-state index in [9.17, 15) is 19.5 Å². The van der Waals surface area contributed by atoms with Crippen LogP contribution in [0, 0.1) is 11.8 Å². The minimum absolute atomic E-state index is 0.0573. The highest BCUT2D eigenvalue weighted by Crippen LogP contribution is 2.68. The van der Waals surface area contributed by atoms with Crippen molar-refractivity contribution in [3.8, 4) is 5.75 Å². The first-order chi connectivity index (χ1) is 19.3. The minimum Gasteiger partial charge on any atom is -0.497 e. The summed E-state index contributed by atoms with van der Waals surface area (Å²) in [6.07, 6.45) is 6.96. The van der Waals surface area contributed by atoms with Gasteiger partial charge < -0.3 is 24.4 Å². The van der Waals surface area contributed by atoms with E-state index in [-0.39, 0.29) is 47.6 Å². The van der Waals surface area contributed by atoms with Crippen LogP contribution in [0.3, 0.4) is 0 Å². The van der Waals surface area contributed by atoms with E-state index in [0.717, 1.165) is 19.3 Å². The molecule has 0 aromatic heterocycles. The Hall–Kier alpha value is -2.30. The molecular weight excluding hydrogens is 596 g/mol. The number of unbranched alkanes of at least 4 members (excludes halogenated alkanes) is 2. The van der Waals surface area contributed by atoms with Crippen LogP contribution in [-0.4, -0.2) is 81.6 Å². The summed E-state index contributed by atoms with van der Waals surface area (Å²) in [6.45, 7) is 9.72. The van der Waals surface area contributed by atoms with Crippen molar-refractivity contribution < 1.29 is 29.0 Å². The first-order valence-electron chi connectivity index (χ1n) is 13.9. The standard InChI is InChI=1S/C30H39BrN2O6S/c1-5-8-9-10-16-39-29(37)23-24-27(35)33(19(7-3)18-34)26(30(24)17-22(31)25(23)40-30)28(36)32(15-6-2)20-11-13-21(38-4)14-12-20/h5-6,11-14,19,22-26,34H,1-2,7-10,15-18H2,3-4H3/t19-,22?,23-,24-,25-,26?,30?/m0/s1. The highest BCUT2D eigenvalue weighted by molar-refractivity contribution is 9.09. The molecule has 1 aromatic carbocycles. The quantitative estimate of drug-likeness (QED) is 0.141. The molecule has 0 aliphatic carbocycles. The Morgan fingerprint density at radius 1 is 1.27 bits per heavy atom. The van der Waals surface area contributed by atoms with Crippen molar-refractivity contribution in [1.82, 2.24) is 4.90 Å². The van der Waals surface area contributed by atoms with Gasteiger partial charge in [0.25, 0.3) is 5.91 Å². The number of benzene rings is 1. The van der Waals surface area contributed by atoms with E-state index in [1.165, 1.54) is 0 Å². The van der Waals surface area contributed by atoms with Crippen molar-refractivity contribution in [3.63, 3.8) is 0 Å². The van der Waals surface area contributed by atoms with Gasteiger partial charge in [-0.15, -0.1) is 24.9 Å². The molecule has 3 aliphatic rings. The lowest BCUT2D eigenvalue weighted by atomic mass is 9.71. The van der Waals surface area contributed by atoms with Gasteiger partial charge in [0.05, 0.1) is 42.9 Å². The molecule has 0 radical (unpaired) electrons. The average Bonchev–Trinajstić information content (AvgIpc) is 3.55. The molecule has 1 N–H and O–H groups in total. The number of esters is 1. The summed E-state index contributed by atoms with van der Waals surface area (Å²) in [5.41, 5.74) is 0.651. The van der Waals surface area contributed by atoms with E-state index in [1.807, 2.05) is 13.0 Å². The third-order valence-electron chi connectivity index (χ3n) is 8.32. The fraction of sp³-hybridized carbons (Fsp3) is 0.567. The van der Waals surface area contributed by atoms with Crippen molar-refractivity contribution in [2.24, 2.45) is 11.8 Å². The lowest BCUT2D eigenvalue weighted by Crippen LogP contribution is -2.58. The van der Waals surface area contributed by atoms with E-state index >= 15 is 0 Å². The van der Waals surface area contributed by atoms with Crippen LogP contribution in [0.4, 0.5) is 5.69 Å². The fourth-order valence-electron chi connectivity index (χ4n) is 6.44. The number of nitrogens with zero attached hydrogens (tertiary/aromatic N) is 2. The normalized spacial score (nSPS) is 29.1. The molecule has 3 fully saturated rings. The van der Waals surface area contributed by atoms with Gasteiger partial charge in [0.15, 0.2) is 0 Å². The van der Waals surface area contributed by atoms with Crippen LogP contribution < -0.4 is 9.64 Å². The van der Waals surface area contributed by atoms with Gasteiger partial charge in [-0.1, -0.05) is 35.0 Å². The van der Waals surface area contributed by atoms with E-state index in [2.05, 4.69) is 29.1 Å². The van der Waals surface area contributed by atoms with Gasteiger partial charge >= 0.3 is 5.97 Å². The van der Waals surface area contributed by atoms with Gasteiger partial charge in [0.1, 0.15) is 11.8 Å². The van der Waals surface area contributed by atoms with Gasteiger partial charge in [-0.25, -0.2) is 0 Å². The number of thioether (sulfide) groups is 1. The number of aliphatic hydroxyl groups excluding tert-OH is 1. The van der Waals surface area contributed by atoms with E-state index in [4.69, 9.17) is 9.47 Å². The van der Waals surface area contributed by atoms with Gasteiger partial charge in [-0.3, -0.25) is 14.4 Å². The molecule has 2 amide bonds. The number of aliphatic hydroxyl groups is 1. The van der Waals surface area contributed by atoms with Crippen molar-refractivity contribution in [1.29, 1.82) is 0 Å². The molecule has 7 atom stereocenters. The number of hydrogen-bond acceptors (Lipinski definition) is 7. The summed E-state index contributed by atoms with van der Waals surface area (Å²) in [6, 6.07) is 5.77. The van der Waals surface area contributed by atoms with Gasteiger partial charge in [-0.05, 0) is 56.4 Å². The van der Waals surface area contributed by atoms with Crippen LogP contribution in [0.15, 0.2) is 49.6 Å². The van der Waals surface area contributed by atoms with Gasteiger partial charge in [0.2, 0.25) is 5.91 Å². The largest absolute Gasteiger partial charge is 0.497 e. The minimum atomic E-state index is -0.857. The first kappa shape index (κ1) is 30.7. The maximum atomic E-state index is 14.6. The molecule has 1 spiro atoms. The van der Waals surface area contributed by atoms with Crippen LogP contribution >= 0.6 is 27.7 Å². The lowest BCUT2D eigenvalue weighted by Gasteiger charge is -2.39. The highest BCUT2D eigenvalue weighted by atomic mass is 79.9. The van der Waals surface area contributed by atoms with Crippen LogP contribution in [0.25, 0.3) is 0 Å². The third kappa shape index (κ3) is 5.34. The number of carbonyl (C=O) groups is 3. The van der Waals surface area contributed by atoms with E-state index in [1.54, 1.807) is 59.0 Å². The van der Waals surface area contributed by atoms with Gasteiger partial charge in [0, 0.05) is 22.3 Å². The summed E-state index contributed by atoms with van der Waals surface area (Å²) in [5.74, 6) is -1.60. The first-order valence-corrected chi connectivity index (χ1v) is 15.7. The molecule has 8 nitrogen and oxygen atoms in total. The van der Waals surface area contributed by atoms with Crippen molar-refractivity contribution in [2.75, 3.05) is 31.8 Å². The number of halogens is 1. The average molecular weight is 636 g/mol. The number of allylic oxidation sites excluding steroid dienone is 1. The molecule has 10 heteroatoms. The Kier molecular flexibility index (Phi) is 10.1. The molecule has 1 aromatic rings. The van der Waals surface area contributed by atoms with Crippen LogP contribution in [-0.2, 0) is 19.1 Å². The van der Waals surface area contributed by atoms with Crippen LogP contribution in [0.5, 0.6) is 5.75 Å². The molecule has 2 bridgehead atoms. The number of amides is 2. The van der Waals surface area contributed by atoms with Crippen LogP contribution in [0.2, 0.25) is 0 Å². The summed E-state index contributed by atoms with van der Waals surface area (Å²) < 4.78 is 10.2. The fourth-order valence-corrected chi connectivity index (χ4v) is 10.0. The molecule has 218 valence electrons. The number of rotatable bonds is 14. The Balaban J connectivity index is 1.72. The monoisotopic (exact) mass is 634 g/mol. The molecule has 3 heterocycles. The summed E-state index contributed by atoms with van der Waals surface area (Å²) in [5, 5.41) is 10.1. The zero-order valence-corrected chi connectivity index (χ0v) is 25.6. The Morgan fingerprint density at radius 2 is 2.00 bits per heavy atom. The maximum absolute atomic E-state index is 14.6. The number of fused-ring (bicyclic) bond motifs is 1. The molecule has 3 aliphatic heterocycles. The second-order valence-corrected chi connectivity index (χ2v) is 13.3. The molecule has 4 rings (SSSR count). The number of alkyl halides is 1. The SMILES string of the molecule is C=CCCCCOC(=O)[C@H]1[C@H]2C(=O)N([C@@H](CC)CO)C(C(=O)N(CC=C)c3ccc(OC)cc3)C23CC(Br)[C@@H]1S3. The summed E-state index contributed by atoms with van der Waals surface area (Å²) in [4.78, 5) is 45.5. The lowest BCUT2D eigenvalue weighted by molar-refractivity contribution is -0.154. The Morgan fingerprint density at radius 3 is 2.60 bits per heavy atom. The highest BCUT2D eigenvalue weighted by Gasteiger charge is 2.76. The maximum Gasteiger partial charge on any atom is 0.310 e. The number of carbonyl (C=O) groups excluding carboxylic acids is 3. The summed E-state index contributed by atoms with van der Waals surface area (Å²) >= 11 is 5.34. The summed E-state index contributed by atoms with van der Waals surface area (Å²) in [7, 11) is 1.58. The zero-order chi connectivity index (χ0) is 29.0. The topological polar surface area (TPSA) is 96.4 Å². The van der Waals surface area contributed by atoms with Crippen molar-refractivity contribution in [2.45, 2.75) is 65.9 Å². The third-order valence-corrected chi connectivity index (χ3v) is 11.5. The number of methoxy groups -OCH3 is 1. The molecule has 0 saturated carbocycles. The van der Waals surface area contributed by atoms with Gasteiger partial charge in [-0.2, -0.15) is 0 Å². The molecule has 40 heavy (non-hydrogen) atoms. The second kappa shape index (κ2) is 13.1. The van der Waals surface area contributed by atoms with Crippen LogP contribution in [0.1, 0.15) is 39.0 Å². The smallest absolute Gasteiger partial charge is 0.310 e. The number of likely N-dealkylation sites (tertiary alicyclic amines) is 1. The number of anilines is 1. The number of ether oxygens (including phenoxy) is 2. The Bertz CT molecular complexity index is 1110. The molecular formula is C30H39BrN2O6S. The Labute approximate surface area is 249 Å². The zero-order valence-electron chi connectivity index (χ0n) is 23.2. The van der Waals surface area contributed by atoms with E-state index in [0.29, 0.717) is 24.3 Å². The second-order valence-electron chi connectivity index (χ2n) is 10.5. The molecule has 3 saturated heterocycles. The number of hydrogen-bond donors (Lipinski definition) is 1. The predicted octanol–water partition coefficient (Wildman–Crippen LogP) is 4.35. The van der Waals surface area contributed by atoms with Crippen molar-refractivity contribution in [3.05, 3.63) is 49.6 Å².